The van der Waals surface area contributed by atoms with Gasteiger partial charge in [-0.3, -0.25) is 0 Å². The molecule has 1 aliphatic heterocycles. The predicted octanol–water partition coefficient (Wildman–Crippen LogP) is 4.38. The van der Waals surface area contributed by atoms with Crippen LogP contribution < -0.4 is 10.2 Å². The van der Waals surface area contributed by atoms with Crippen molar-refractivity contribution in [2.45, 2.75) is 38.3 Å². The standard InChI is InChI=1S/C23H22ClFN6/c1-13-9-30-11-15(5-19(25)22(30)27-13)20-7-18(24)17-6-16(8-26-21(17)28-20)31-10-14(2)29-23(12-31)3-4-23/h5-9,11,14,29H,3-4,10,12H2,1-2H3/t14-/m0/s1. The van der Waals surface area contributed by atoms with Gasteiger partial charge in [0.1, 0.15) is 0 Å². The maximum absolute atomic E-state index is 14.5. The second-order valence-corrected chi connectivity index (χ2v) is 9.36. The summed E-state index contributed by atoms with van der Waals surface area (Å²) in [7, 11) is 0. The summed E-state index contributed by atoms with van der Waals surface area (Å²) >= 11 is 6.66. The summed E-state index contributed by atoms with van der Waals surface area (Å²) in [6.07, 6.45) is 7.91. The van der Waals surface area contributed by atoms with Gasteiger partial charge >= 0.3 is 0 Å². The van der Waals surface area contributed by atoms with Crippen LogP contribution in [0.4, 0.5) is 10.1 Å². The molecule has 2 fully saturated rings. The molecule has 1 spiro atoms. The minimum Gasteiger partial charge on any atom is -0.367 e. The Morgan fingerprint density at radius 3 is 2.84 bits per heavy atom. The fourth-order valence-electron chi connectivity index (χ4n) is 4.72. The number of nitrogens with zero attached hydrogens (tertiary/aromatic N) is 5. The first-order valence-electron chi connectivity index (χ1n) is 10.5. The topological polar surface area (TPSA) is 58.4 Å². The summed E-state index contributed by atoms with van der Waals surface area (Å²) in [5, 5.41) is 5.08. The molecule has 6 rings (SSSR count). The lowest BCUT2D eigenvalue weighted by Crippen LogP contribution is -2.57. The zero-order valence-electron chi connectivity index (χ0n) is 17.4. The molecule has 1 saturated heterocycles. The molecule has 0 aromatic carbocycles. The number of anilines is 1. The maximum atomic E-state index is 14.5. The molecule has 8 heteroatoms. The van der Waals surface area contributed by atoms with Crippen LogP contribution in [-0.4, -0.2) is 44.0 Å². The third-order valence-corrected chi connectivity index (χ3v) is 6.59. The summed E-state index contributed by atoms with van der Waals surface area (Å²) in [5.41, 5.74) is 4.14. The van der Waals surface area contributed by atoms with Crippen molar-refractivity contribution < 1.29 is 4.39 Å². The lowest BCUT2D eigenvalue weighted by atomic mass is 10.1. The highest BCUT2D eigenvalue weighted by atomic mass is 35.5. The quantitative estimate of drug-likeness (QED) is 0.505. The average molecular weight is 437 g/mol. The molecule has 6 nitrogen and oxygen atoms in total. The molecule has 5 heterocycles. The number of fused-ring (bicyclic) bond motifs is 2. The molecule has 1 N–H and O–H groups in total. The van der Waals surface area contributed by atoms with E-state index in [0.29, 0.717) is 33.6 Å². The lowest BCUT2D eigenvalue weighted by molar-refractivity contribution is 0.372. The van der Waals surface area contributed by atoms with Crippen molar-refractivity contribution in [2.24, 2.45) is 0 Å². The fourth-order valence-corrected chi connectivity index (χ4v) is 4.96. The number of aromatic nitrogens is 4. The molecular formula is C23H22ClFN6. The van der Waals surface area contributed by atoms with Crippen LogP contribution in [0.2, 0.25) is 5.02 Å². The number of hydrogen-bond donors (Lipinski definition) is 1. The van der Waals surface area contributed by atoms with Gasteiger partial charge in [-0.1, -0.05) is 11.6 Å². The van der Waals surface area contributed by atoms with Gasteiger partial charge in [0.05, 0.1) is 28.3 Å². The number of rotatable bonds is 2. The second-order valence-electron chi connectivity index (χ2n) is 8.95. The highest BCUT2D eigenvalue weighted by Crippen LogP contribution is 2.40. The Morgan fingerprint density at radius 2 is 2.03 bits per heavy atom. The van der Waals surface area contributed by atoms with E-state index in [2.05, 4.69) is 38.2 Å². The van der Waals surface area contributed by atoms with Gasteiger partial charge < -0.3 is 14.6 Å². The van der Waals surface area contributed by atoms with Crippen molar-refractivity contribution in [2.75, 3.05) is 18.0 Å². The Bertz CT molecular complexity index is 1350. The number of piperazine rings is 1. The molecule has 4 aromatic rings. The van der Waals surface area contributed by atoms with E-state index in [-0.39, 0.29) is 5.54 Å². The number of hydrogen-bond acceptors (Lipinski definition) is 5. The van der Waals surface area contributed by atoms with E-state index < -0.39 is 5.82 Å². The van der Waals surface area contributed by atoms with Crippen LogP contribution in [0.25, 0.3) is 27.9 Å². The predicted molar refractivity (Wildman–Crippen MR) is 120 cm³/mol. The summed E-state index contributed by atoms with van der Waals surface area (Å²) in [6.45, 7) is 5.97. The SMILES string of the molecule is Cc1cn2cc(-c3cc(Cl)c4cc(N5C[C@H](C)NC6(CC6)C5)cnc4n3)cc(F)c2n1. The third-order valence-electron chi connectivity index (χ3n) is 6.28. The van der Waals surface area contributed by atoms with E-state index in [9.17, 15) is 4.39 Å². The van der Waals surface area contributed by atoms with Crippen LogP contribution in [0.1, 0.15) is 25.5 Å². The Kier molecular flexibility index (Phi) is 4.04. The Labute approximate surface area is 184 Å². The van der Waals surface area contributed by atoms with E-state index in [1.54, 1.807) is 16.7 Å². The van der Waals surface area contributed by atoms with E-state index in [4.69, 9.17) is 11.6 Å². The lowest BCUT2D eigenvalue weighted by Gasteiger charge is -2.39. The largest absolute Gasteiger partial charge is 0.367 e. The highest BCUT2D eigenvalue weighted by Gasteiger charge is 2.47. The fraction of sp³-hybridized carbons (Fsp3) is 0.348. The van der Waals surface area contributed by atoms with Crippen LogP contribution >= 0.6 is 11.6 Å². The molecule has 158 valence electrons. The van der Waals surface area contributed by atoms with Crippen LogP contribution in [0.5, 0.6) is 0 Å². The van der Waals surface area contributed by atoms with Gasteiger partial charge in [-0.05, 0) is 44.9 Å². The minimum atomic E-state index is -0.395. The van der Waals surface area contributed by atoms with Gasteiger partial charge in [0.2, 0.25) is 0 Å². The van der Waals surface area contributed by atoms with E-state index >= 15 is 0 Å². The summed E-state index contributed by atoms with van der Waals surface area (Å²) < 4.78 is 16.2. The molecule has 1 atom stereocenters. The molecule has 1 aliphatic carbocycles. The Hall–Kier alpha value is -2.77. The van der Waals surface area contributed by atoms with Crippen LogP contribution in [0.3, 0.4) is 0 Å². The van der Waals surface area contributed by atoms with Gasteiger partial charge in [0, 0.05) is 48.0 Å². The number of halogens is 2. The van der Waals surface area contributed by atoms with Gasteiger partial charge in [0.15, 0.2) is 17.1 Å². The molecule has 31 heavy (non-hydrogen) atoms. The number of aryl methyl sites for hydroxylation is 1. The summed E-state index contributed by atoms with van der Waals surface area (Å²) in [5.74, 6) is -0.395. The number of pyridine rings is 3. The molecule has 0 unspecified atom stereocenters. The molecule has 4 aromatic heterocycles. The zero-order chi connectivity index (χ0) is 21.3. The van der Waals surface area contributed by atoms with E-state index in [0.717, 1.165) is 29.9 Å². The molecule has 1 saturated carbocycles. The van der Waals surface area contributed by atoms with Crippen molar-refractivity contribution in [1.29, 1.82) is 0 Å². The molecule has 0 bridgehead atoms. The van der Waals surface area contributed by atoms with Crippen molar-refractivity contribution >= 4 is 34.0 Å². The van der Waals surface area contributed by atoms with Crippen molar-refractivity contribution in [3.05, 3.63) is 53.3 Å². The van der Waals surface area contributed by atoms with Crippen molar-refractivity contribution in [1.82, 2.24) is 24.7 Å². The number of nitrogens with one attached hydrogen (secondary N) is 1. The molecular weight excluding hydrogens is 415 g/mol. The van der Waals surface area contributed by atoms with Crippen LogP contribution in [-0.2, 0) is 0 Å². The Morgan fingerprint density at radius 1 is 1.19 bits per heavy atom. The van der Waals surface area contributed by atoms with Crippen molar-refractivity contribution in [3.8, 4) is 11.3 Å². The van der Waals surface area contributed by atoms with Gasteiger partial charge in [0.25, 0.3) is 0 Å². The van der Waals surface area contributed by atoms with Gasteiger partial charge in [-0.25, -0.2) is 19.3 Å². The van der Waals surface area contributed by atoms with Crippen LogP contribution in [0, 0.1) is 12.7 Å². The van der Waals surface area contributed by atoms with Crippen molar-refractivity contribution in [3.63, 3.8) is 0 Å². The monoisotopic (exact) mass is 436 g/mol. The first kappa shape index (κ1) is 19.0. The van der Waals surface area contributed by atoms with Crippen LogP contribution in [0.15, 0.2) is 36.8 Å². The molecule has 0 radical (unpaired) electrons. The molecule has 2 aliphatic rings. The maximum Gasteiger partial charge on any atom is 0.173 e. The van der Waals surface area contributed by atoms with E-state index in [1.165, 1.54) is 18.9 Å². The highest BCUT2D eigenvalue weighted by molar-refractivity contribution is 6.35. The molecule has 0 amide bonds. The van der Waals surface area contributed by atoms with Gasteiger partial charge in [-0.15, -0.1) is 0 Å². The van der Waals surface area contributed by atoms with E-state index in [1.807, 2.05) is 19.3 Å². The first-order valence-corrected chi connectivity index (χ1v) is 10.9. The summed E-state index contributed by atoms with van der Waals surface area (Å²) in [6, 6.07) is 5.72. The average Bonchev–Trinajstić information content (AvgIpc) is 3.34. The third kappa shape index (κ3) is 3.23. The second kappa shape index (κ2) is 6.61. The smallest absolute Gasteiger partial charge is 0.173 e. The Balaban J connectivity index is 1.40. The normalized spacial score (nSPS) is 20.1. The zero-order valence-corrected chi connectivity index (χ0v) is 18.1. The minimum absolute atomic E-state index is 0.257. The summed E-state index contributed by atoms with van der Waals surface area (Å²) in [4.78, 5) is 15.9. The first-order chi connectivity index (χ1) is 14.9. The van der Waals surface area contributed by atoms with Gasteiger partial charge in [-0.2, -0.15) is 0 Å². The number of imidazole rings is 1.